The van der Waals surface area contributed by atoms with Crippen LogP contribution in [-0.4, -0.2) is 34.7 Å². The number of rotatable bonds is 3. The lowest BCUT2D eigenvalue weighted by atomic mass is 10.0. The molecular formula is C24H24N6O2. The van der Waals surface area contributed by atoms with Gasteiger partial charge in [0.1, 0.15) is 0 Å². The molecule has 8 heteroatoms. The van der Waals surface area contributed by atoms with Crippen LogP contribution >= 0.6 is 0 Å². The van der Waals surface area contributed by atoms with Gasteiger partial charge in [0.2, 0.25) is 12.1 Å². The molecule has 1 amide bonds. The van der Waals surface area contributed by atoms with Gasteiger partial charge in [0.15, 0.2) is 0 Å². The first-order chi connectivity index (χ1) is 15.6. The van der Waals surface area contributed by atoms with E-state index in [1.165, 1.54) is 12.4 Å². The van der Waals surface area contributed by atoms with Crippen molar-refractivity contribution in [3.05, 3.63) is 95.8 Å². The van der Waals surface area contributed by atoms with Gasteiger partial charge in [-0.3, -0.25) is 15.2 Å². The topological polar surface area (TPSA) is 126 Å². The summed E-state index contributed by atoms with van der Waals surface area (Å²) in [4.78, 5) is 25.3. The van der Waals surface area contributed by atoms with E-state index >= 15 is 0 Å². The Kier molecular flexibility index (Phi) is 7.42. The number of benzene rings is 2. The van der Waals surface area contributed by atoms with E-state index in [-0.39, 0.29) is 11.9 Å². The largest absolute Gasteiger partial charge is 0.407 e. The van der Waals surface area contributed by atoms with Crippen molar-refractivity contribution in [3.63, 3.8) is 0 Å². The number of hydrogen-bond acceptors (Lipinski definition) is 6. The molecule has 0 saturated heterocycles. The highest BCUT2D eigenvalue weighted by Gasteiger charge is 2.26. The number of hydrogen-bond donors (Lipinski definition) is 3. The molecule has 0 spiro atoms. The highest BCUT2D eigenvalue weighted by Crippen LogP contribution is 2.24. The summed E-state index contributed by atoms with van der Waals surface area (Å²) >= 11 is 0. The summed E-state index contributed by atoms with van der Waals surface area (Å²) in [7, 11) is 0. The average Bonchev–Trinajstić information content (AvgIpc) is 2.97. The number of fused-ring (bicyclic) bond motifs is 1. The van der Waals surface area contributed by atoms with Crippen molar-refractivity contribution in [2.45, 2.75) is 20.0 Å². The number of anilines is 1. The Morgan fingerprint density at radius 1 is 1.03 bits per heavy atom. The molecule has 8 nitrogen and oxygen atoms in total. The SMILES string of the molecule is CC.N=C(O/C(N)=N/C1N=C(c2ccccc2)c2ccccc2NC1=O)c1ccncc1. The maximum absolute atomic E-state index is 12.7. The number of nitrogens with zero attached hydrogens (tertiary/aromatic N) is 3. The molecule has 0 radical (unpaired) electrons. The maximum atomic E-state index is 12.7. The molecule has 1 unspecified atom stereocenters. The first-order valence-corrected chi connectivity index (χ1v) is 10.2. The number of nitrogens with two attached hydrogens (primary N) is 1. The van der Waals surface area contributed by atoms with E-state index in [4.69, 9.17) is 15.9 Å². The van der Waals surface area contributed by atoms with Crippen molar-refractivity contribution < 1.29 is 9.53 Å². The minimum Gasteiger partial charge on any atom is -0.407 e. The lowest BCUT2D eigenvalue weighted by molar-refractivity contribution is -0.117. The first kappa shape index (κ1) is 22.4. The van der Waals surface area contributed by atoms with Crippen LogP contribution in [0, 0.1) is 5.41 Å². The minimum absolute atomic E-state index is 0.205. The van der Waals surface area contributed by atoms with Crippen LogP contribution in [0.15, 0.2) is 89.1 Å². The lowest BCUT2D eigenvalue weighted by Crippen LogP contribution is -2.29. The molecule has 1 atom stereocenters. The highest BCUT2D eigenvalue weighted by molar-refractivity contribution is 6.19. The molecular weight excluding hydrogens is 404 g/mol. The second-order valence-electron chi connectivity index (χ2n) is 6.39. The normalized spacial score (nSPS) is 15.2. The Morgan fingerprint density at radius 2 is 1.69 bits per heavy atom. The van der Waals surface area contributed by atoms with E-state index < -0.39 is 12.1 Å². The zero-order valence-corrected chi connectivity index (χ0v) is 17.8. The van der Waals surface area contributed by atoms with Gasteiger partial charge in [0.25, 0.3) is 11.9 Å². The molecule has 0 bridgehead atoms. The van der Waals surface area contributed by atoms with Crippen molar-refractivity contribution >= 4 is 29.2 Å². The van der Waals surface area contributed by atoms with E-state index in [2.05, 4.69) is 20.3 Å². The first-order valence-electron chi connectivity index (χ1n) is 10.2. The van der Waals surface area contributed by atoms with Crippen molar-refractivity contribution in [3.8, 4) is 0 Å². The summed E-state index contributed by atoms with van der Waals surface area (Å²) < 4.78 is 5.28. The van der Waals surface area contributed by atoms with E-state index in [1.807, 2.05) is 62.4 Å². The van der Waals surface area contributed by atoms with Crippen molar-refractivity contribution in [2.75, 3.05) is 5.32 Å². The number of aromatic nitrogens is 1. The van der Waals surface area contributed by atoms with Crippen LogP contribution in [0.4, 0.5) is 5.69 Å². The van der Waals surface area contributed by atoms with Crippen molar-refractivity contribution in [2.24, 2.45) is 15.7 Å². The second kappa shape index (κ2) is 10.6. The highest BCUT2D eigenvalue weighted by atomic mass is 16.5. The molecule has 1 aliphatic rings. The fourth-order valence-electron chi connectivity index (χ4n) is 2.97. The summed E-state index contributed by atoms with van der Waals surface area (Å²) in [5.74, 6) is -0.654. The number of pyridine rings is 1. The number of amidine groups is 1. The molecule has 2 aromatic carbocycles. The summed E-state index contributed by atoms with van der Waals surface area (Å²) in [6.07, 6.45) is 1.90. The fourth-order valence-corrected chi connectivity index (χ4v) is 2.97. The number of nitrogens with one attached hydrogen (secondary N) is 2. The molecule has 0 fully saturated rings. The van der Waals surface area contributed by atoms with Crippen LogP contribution in [0.2, 0.25) is 0 Å². The van der Waals surface area contributed by atoms with Gasteiger partial charge in [-0.1, -0.05) is 62.4 Å². The van der Waals surface area contributed by atoms with Crippen LogP contribution in [0.3, 0.4) is 0 Å². The van der Waals surface area contributed by atoms with E-state index in [1.54, 1.807) is 18.2 Å². The van der Waals surface area contributed by atoms with E-state index in [0.29, 0.717) is 17.0 Å². The molecule has 1 aliphatic heterocycles. The Hall–Kier alpha value is -4.33. The number of carbonyl (C=O) groups is 1. The Labute approximate surface area is 186 Å². The van der Waals surface area contributed by atoms with Crippen LogP contribution in [-0.2, 0) is 9.53 Å². The van der Waals surface area contributed by atoms with Crippen LogP contribution in [0.1, 0.15) is 30.5 Å². The summed E-state index contributed by atoms with van der Waals surface area (Å²) in [6.45, 7) is 4.00. The van der Waals surface area contributed by atoms with Gasteiger partial charge in [0, 0.05) is 29.1 Å². The Balaban J connectivity index is 0.00000141. The van der Waals surface area contributed by atoms with Crippen molar-refractivity contribution in [1.29, 1.82) is 5.41 Å². The van der Waals surface area contributed by atoms with Crippen molar-refractivity contribution in [1.82, 2.24) is 4.98 Å². The summed E-state index contributed by atoms with van der Waals surface area (Å²) in [5, 5.41) is 10.8. The quantitative estimate of drug-likeness (QED) is 0.435. The van der Waals surface area contributed by atoms with Crippen LogP contribution < -0.4 is 11.1 Å². The number of benzodiazepines with no additional fused rings is 1. The molecule has 162 valence electrons. The predicted molar refractivity (Wildman–Crippen MR) is 126 cm³/mol. The smallest absolute Gasteiger partial charge is 0.291 e. The number of para-hydroxylation sites is 1. The summed E-state index contributed by atoms with van der Waals surface area (Å²) in [5.41, 5.74) is 9.20. The van der Waals surface area contributed by atoms with Gasteiger partial charge in [-0.25, -0.2) is 4.99 Å². The Bertz CT molecular complexity index is 1140. The second-order valence-corrected chi connectivity index (χ2v) is 6.39. The maximum Gasteiger partial charge on any atom is 0.291 e. The molecule has 4 N–H and O–H groups in total. The van der Waals surface area contributed by atoms with Gasteiger partial charge >= 0.3 is 0 Å². The molecule has 1 aromatic heterocycles. The number of amides is 1. The fraction of sp³-hybridized carbons (Fsp3) is 0.125. The van der Waals surface area contributed by atoms with E-state index in [9.17, 15) is 4.79 Å². The zero-order valence-electron chi connectivity index (χ0n) is 17.8. The minimum atomic E-state index is -1.17. The van der Waals surface area contributed by atoms with Crippen LogP contribution in [0.5, 0.6) is 0 Å². The summed E-state index contributed by atoms with van der Waals surface area (Å²) in [6, 6.07) is 19.8. The monoisotopic (exact) mass is 428 g/mol. The van der Waals surface area contributed by atoms with Gasteiger partial charge < -0.3 is 15.8 Å². The number of aliphatic imine (C=N–C) groups is 2. The lowest BCUT2D eigenvalue weighted by Gasteiger charge is -2.09. The van der Waals surface area contributed by atoms with Gasteiger partial charge in [-0.15, -0.1) is 0 Å². The molecule has 0 saturated carbocycles. The van der Waals surface area contributed by atoms with E-state index in [0.717, 1.165) is 11.1 Å². The number of carbonyl (C=O) groups excluding carboxylic acids is 1. The molecule has 32 heavy (non-hydrogen) atoms. The van der Waals surface area contributed by atoms with Gasteiger partial charge in [0.05, 0.1) is 11.4 Å². The number of ether oxygens (including phenoxy) is 1. The molecule has 3 aromatic rings. The van der Waals surface area contributed by atoms with Crippen LogP contribution in [0.25, 0.3) is 0 Å². The van der Waals surface area contributed by atoms with Gasteiger partial charge in [-0.05, 0) is 18.2 Å². The third-order valence-corrected chi connectivity index (χ3v) is 4.37. The molecule has 2 heterocycles. The third kappa shape index (κ3) is 5.23. The molecule has 0 aliphatic carbocycles. The van der Waals surface area contributed by atoms with Gasteiger partial charge in [-0.2, -0.15) is 4.99 Å². The predicted octanol–water partition coefficient (Wildman–Crippen LogP) is 3.58. The standard InChI is InChI=1S/C22H18N6O2.C2H6/c23-19(15-10-12-25-13-11-15)30-22(24)28-20-21(29)26-17-9-5-4-8-16(17)18(27-20)14-6-2-1-3-7-14;1-2/h1-13,20,23H,(H2,24,28)(H,26,29);1-2H3. The zero-order chi connectivity index (χ0) is 22.9. The average molecular weight is 428 g/mol. The Morgan fingerprint density at radius 3 is 2.41 bits per heavy atom. The molecule has 4 rings (SSSR count). The third-order valence-electron chi connectivity index (χ3n) is 4.37.